The second-order valence-electron chi connectivity index (χ2n) is 5.57. The van der Waals surface area contributed by atoms with E-state index >= 15 is 0 Å². The van der Waals surface area contributed by atoms with E-state index < -0.39 is 0 Å². The highest BCUT2D eigenvalue weighted by Crippen LogP contribution is 2.30. The van der Waals surface area contributed by atoms with Crippen LogP contribution in [-0.2, 0) is 6.54 Å². The molecule has 20 heavy (non-hydrogen) atoms. The van der Waals surface area contributed by atoms with Gasteiger partial charge in [0, 0.05) is 18.7 Å². The average molecular weight is 341 g/mol. The summed E-state index contributed by atoms with van der Waals surface area (Å²) < 4.78 is 0.616. The Morgan fingerprint density at radius 2 is 1.95 bits per heavy atom. The van der Waals surface area contributed by atoms with Crippen LogP contribution in [0, 0.1) is 10.1 Å². The molecule has 0 heterocycles. The van der Waals surface area contributed by atoms with Crippen molar-refractivity contribution in [2.24, 2.45) is 0 Å². The van der Waals surface area contributed by atoms with Gasteiger partial charge in [-0.1, -0.05) is 37.8 Å². The predicted octanol–water partition coefficient (Wildman–Crippen LogP) is 4.51. The van der Waals surface area contributed by atoms with Crippen LogP contribution in [0.25, 0.3) is 0 Å². The number of hydrogen-bond acceptors (Lipinski definition) is 3. The largest absolute Gasteiger partial charge is 0.299 e. The van der Waals surface area contributed by atoms with Crippen LogP contribution in [0.5, 0.6) is 0 Å². The second kappa shape index (κ2) is 7.18. The second-order valence-corrected chi connectivity index (χ2v) is 6.36. The van der Waals surface area contributed by atoms with Gasteiger partial charge in [-0.3, -0.25) is 15.0 Å². The molecule has 0 N–H and O–H groups in total. The summed E-state index contributed by atoms with van der Waals surface area (Å²) in [7, 11) is 2.13. The number of halogens is 1. The lowest BCUT2D eigenvalue weighted by molar-refractivity contribution is -0.385. The van der Waals surface area contributed by atoms with Crippen molar-refractivity contribution in [1.29, 1.82) is 0 Å². The summed E-state index contributed by atoms with van der Waals surface area (Å²) in [6, 6.07) is 5.87. The lowest BCUT2D eigenvalue weighted by Gasteiger charge is -2.27. The quantitative estimate of drug-likeness (QED) is 0.460. The molecular formula is C15H21BrN2O2. The highest BCUT2D eigenvalue weighted by molar-refractivity contribution is 9.10. The van der Waals surface area contributed by atoms with Crippen LogP contribution in [-0.4, -0.2) is 22.9 Å². The molecule has 5 heteroatoms. The van der Waals surface area contributed by atoms with E-state index in [-0.39, 0.29) is 10.6 Å². The molecule has 0 unspecified atom stereocenters. The first-order valence-corrected chi connectivity index (χ1v) is 8.01. The maximum Gasteiger partial charge on any atom is 0.283 e. The van der Waals surface area contributed by atoms with Crippen molar-refractivity contribution in [2.75, 3.05) is 7.05 Å². The molecule has 1 aliphatic carbocycles. The molecule has 0 atom stereocenters. The van der Waals surface area contributed by atoms with E-state index in [2.05, 4.69) is 27.9 Å². The van der Waals surface area contributed by atoms with Gasteiger partial charge in [-0.2, -0.15) is 0 Å². The molecular weight excluding hydrogens is 320 g/mol. The number of nitrogens with zero attached hydrogens (tertiary/aromatic N) is 2. The van der Waals surface area contributed by atoms with Gasteiger partial charge in [0.15, 0.2) is 0 Å². The topological polar surface area (TPSA) is 46.4 Å². The Balaban J connectivity index is 2.08. The molecule has 4 nitrogen and oxygen atoms in total. The molecule has 0 aliphatic heterocycles. The van der Waals surface area contributed by atoms with Gasteiger partial charge in [-0.25, -0.2) is 0 Å². The molecule has 0 spiro atoms. The summed E-state index contributed by atoms with van der Waals surface area (Å²) in [5, 5.41) is 11.0. The molecule has 0 amide bonds. The summed E-state index contributed by atoms with van der Waals surface area (Å²) in [5.41, 5.74) is 1.14. The number of hydrogen-bond donors (Lipinski definition) is 0. The molecule has 110 valence electrons. The third-order valence-electron chi connectivity index (χ3n) is 4.12. The average Bonchev–Trinajstić information content (AvgIpc) is 2.69. The van der Waals surface area contributed by atoms with E-state index in [4.69, 9.17) is 0 Å². The van der Waals surface area contributed by atoms with Crippen LogP contribution in [0.3, 0.4) is 0 Å². The van der Waals surface area contributed by atoms with Crippen molar-refractivity contribution in [3.63, 3.8) is 0 Å². The van der Waals surface area contributed by atoms with E-state index in [1.54, 1.807) is 12.1 Å². The maximum atomic E-state index is 11.0. The van der Waals surface area contributed by atoms with Crippen molar-refractivity contribution in [2.45, 2.75) is 51.1 Å². The van der Waals surface area contributed by atoms with Crippen LogP contribution in [0.2, 0.25) is 0 Å². The normalized spacial score (nSPS) is 17.1. The van der Waals surface area contributed by atoms with Crippen LogP contribution in [0.15, 0.2) is 22.7 Å². The van der Waals surface area contributed by atoms with Crippen LogP contribution in [0.1, 0.15) is 44.1 Å². The number of benzene rings is 1. The summed E-state index contributed by atoms with van der Waals surface area (Å²) >= 11 is 3.38. The number of nitro benzene ring substituents is 1. The van der Waals surface area contributed by atoms with Gasteiger partial charge >= 0.3 is 0 Å². The first-order chi connectivity index (χ1) is 9.59. The third kappa shape index (κ3) is 3.79. The van der Waals surface area contributed by atoms with Gasteiger partial charge in [0.1, 0.15) is 0 Å². The zero-order valence-electron chi connectivity index (χ0n) is 11.8. The molecule has 0 saturated heterocycles. The molecule has 2 rings (SSSR count). The zero-order valence-corrected chi connectivity index (χ0v) is 13.4. The van der Waals surface area contributed by atoms with E-state index in [0.717, 1.165) is 12.1 Å². The van der Waals surface area contributed by atoms with Gasteiger partial charge in [-0.05, 0) is 41.4 Å². The first-order valence-electron chi connectivity index (χ1n) is 7.21. The molecule has 0 aromatic heterocycles. The minimum atomic E-state index is -0.334. The fourth-order valence-corrected chi connectivity index (χ4v) is 3.46. The highest BCUT2D eigenvalue weighted by Gasteiger charge is 2.20. The Bertz CT molecular complexity index is 471. The third-order valence-corrected chi connectivity index (χ3v) is 5.04. The molecule has 1 aliphatic rings. The fraction of sp³-hybridized carbons (Fsp3) is 0.600. The Kier molecular flexibility index (Phi) is 5.54. The monoisotopic (exact) mass is 340 g/mol. The maximum absolute atomic E-state index is 11.0. The van der Waals surface area contributed by atoms with Crippen molar-refractivity contribution in [3.05, 3.63) is 38.3 Å². The Morgan fingerprint density at radius 3 is 2.55 bits per heavy atom. The Labute approximate surface area is 128 Å². The number of rotatable bonds is 4. The lowest BCUT2D eigenvalue weighted by Crippen LogP contribution is -2.30. The van der Waals surface area contributed by atoms with Crippen molar-refractivity contribution in [1.82, 2.24) is 4.90 Å². The molecule has 1 aromatic carbocycles. The van der Waals surface area contributed by atoms with Gasteiger partial charge in [-0.15, -0.1) is 0 Å². The highest BCUT2D eigenvalue weighted by atomic mass is 79.9. The van der Waals surface area contributed by atoms with E-state index in [0.29, 0.717) is 10.5 Å². The van der Waals surface area contributed by atoms with Crippen LogP contribution < -0.4 is 0 Å². The molecule has 1 aromatic rings. The van der Waals surface area contributed by atoms with Gasteiger partial charge in [0.05, 0.1) is 9.40 Å². The van der Waals surface area contributed by atoms with Gasteiger partial charge in [0.25, 0.3) is 5.69 Å². The molecule has 0 radical (unpaired) electrons. The Hall–Kier alpha value is -0.940. The molecule has 0 bridgehead atoms. The van der Waals surface area contributed by atoms with Crippen molar-refractivity contribution in [3.8, 4) is 0 Å². The van der Waals surface area contributed by atoms with E-state index in [9.17, 15) is 10.1 Å². The lowest BCUT2D eigenvalue weighted by atomic mass is 10.1. The summed E-state index contributed by atoms with van der Waals surface area (Å²) in [6.07, 6.45) is 7.75. The van der Waals surface area contributed by atoms with E-state index in [1.807, 2.05) is 6.07 Å². The first kappa shape index (κ1) is 15.4. The summed E-state index contributed by atoms with van der Waals surface area (Å²) in [5.74, 6) is 0. The summed E-state index contributed by atoms with van der Waals surface area (Å²) in [6.45, 7) is 0.757. The smallest absolute Gasteiger partial charge is 0.283 e. The minimum Gasteiger partial charge on any atom is -0.299 e. The van der Waals surface area contributed by atoms with Gasteiger partial charge in [0.2, 0.25) is 0 Å². The SMILES string of the molecule is CN(Cc1cccc([N+](=O)[O-])c1Br)C1CCCCCC1. The van der Waals surface area contributed by atoms with Crippen LogP contribution >= 0.6 is 15.9 Å². The predicted molar refractivity (Wildman–Crippen MR) is 83.8 cm³/mol. The minimum absolute atomic E-state index is 0.150. The van der Waals surface area contributed by atoms with E-state index in [1.165, 1.54) is 38.5 Å². The fourth-order valence-electron chi connectivity index (χ4n) is 2.93. The number of nitro groups is 1. The standard InChI is InChI=1S/C15H21BrN2O2/c1-17(13-8-4-2-3-5-9-13)11-12-7-6-10-14(15(12)16)18(19)20/h6-7,10,13H,2-5,8-9,11H2,1H3. The summed E-state index contributed by atoms with van der Waals surface area (Å²) in [4.78, 5) is 13.0. The zero-order chi connectivity index (χ0) is 14.5. The Morgan fingerprint density at radius 1 is 1.30 bits per heavy atom. The van der Waals surface area contributed by atoms with Crippen molar-refractivity contribution >= 4 is 21.6 Å². The van der Waals surface area contributed by atoms with Gasteiger partial charge < -0.3 is 0 Å². The van der Waals surface area contributed by atoms with Crippen LogP contribution in [0.4, 0.5) is 5.69 Å². The molecule has 1 fully saturated rings. The van der Waals surface area contributed by atoms with Crippen molar-refractivity contribution < 1.29 is 4.92 Å². The molecule has 1 saturated carbocycles.